The van der Waals surface area contributed by atoms with Gasteiger partial charge in [0.2, 0.25) is 29.5 Å². The first-order chi connectivity index (χ1) is 30.0. The van der Waals surface area contributed by atoms with Gasteiger partial charge in [-0.2, -0.15) is 0 Å². The van der Waals surface area contributed by atoms with Gasteiger partial charge in [0.15, 0.2) is 0 Å². The molecule has 2 aromatic carbocycles. The maximum absolute atomic E-state index is 13.2. The van der Waals surface area contributed by atoms with Crippen molar-refractivity contribution >= 4 is 59.3 Å². The number of aliphatic hydroxyl groups excluding tert-OH is 1. The maximum Gasteiger partial charge on any atom is 0.341 e. The van der Waals surface area contributed by atoms with Crippen molar-refractivity contribution in [1.29, 1.82) is 0 Å². The molecule has 22 heteroatoms. The van der Waals surface area contributed by atoms with Crippen LogP contribution >= 0.6 is 0 Å². The predicted molar refractivity (Wildman–Crippen MR) is 215 cm³/mol. The molecule has 0 bridgehead atoms. The lowest BCUT2D eigenvalue weighted by molar-refractivity contribution is -0.199. The monoisotopic (exact) mass is 884 g/mol. The van der Waals surface area contributed by atoms with E-state index in [9.17, 15) is 63.3 Å². The summed E-state index contributed by atoms with van der Waals surface area (Å²) in [5.41, 5.74) is 1.02. The van der Waals surface area contributed by atoms with Gasteiger partial charge in [0.1, 0.15) is 28.7 Å². The number of methoxy groups -OCH3 is 2. The molecule has 342 valence electrons. The number of hydrogen-bond acceptors (Lipinski definition) is 16. The number of rotatable bonds is 25. The number of esters is 2. The van der Waals surface area contributed by atoms with Crippen LogP contribution in [0.15, 0.2) is 36.4 Å². The van der Waals surface area contributed by atoms with Crippen LogP contribution in [0.4, 0.5) is 0 Å². The van der Waals surface area contributed by atoms with Gasteiger partial charge in [-0.15, -0.1) is 0 Å². The largest absolute Gasteiger partial charge is 0.507 e. The van der Waals surface area contributed by atoms with Crippen molar-refractivity contribution in [1.82, 2.24) is 31.2 Å². The second-order valence-electron chi connectivity index (χ2n) is 14.1. The number of carbonyl (C=O) groups is 10. The molecule has 1 heterocycles. The number of aliphatic hydroxyl groups is 1. The first kappa shape index (κ1) is 50.3. The number of benzene rings is 2. The Bertz CT molecular complexity index is 1920. The molecule has 0 spiro atoms. The Hall–Kier alpha value is -7.10. The van der Waals surface area contributed by atoms with Crippen molar-refractivity contribution in [2.75, 3.05) is 40.4 Å². The third-order valence-corrected chi connectivity index (χ3v) is 9.33. The number of nitrogens with zero attached hydrogens (tertiary/aromatic N) is 2. The van der Waals surface area contributed by atoms with E-state index in [1.54, 1.807) is 12.1 Å². The van der Waals surface area contributed by atoms with E-state index in [0.717, 1.165) is 0 Å². The molecule has 1 aliphatic heterocycles. The van der Waals surface area contributed by atoms with Gasteiger partial charge in [-0.05, 0) is 54.7 Å². The van der Waals surface area contributed by atoms with Crippen LogP contribution in [-0.2, 0) is 65.8 Å². The van der Waals surface area contributed by atoms with Crippen LogP contribution in [0.25, 0.3) is 0 Å². The molecule has 3 rings (SSSR count). The molecule has 0 aromatic heterocycles. The number of ether oxygens (including phenoxy) is 2. The van der Waals surface area contributed by atoms with E-state index < -0.39 is 60.0 Å². The molecular weight excluding hydrogens is 832 g/mol. The van der Waals surface area contributed by atoms with Crippen LogP contribution in [0.5, 0.6) is 11.5 Å². The molecule has 63 heavy (non-hydrogen) atoms. The third-order valence-electron chi connectivity index (χ3n) is 9.33. The average Bonchev–Trinajstić information content (AvgIpc) is 3.49. The van der Waals surface area contributed by atoms with Gasteiger partial charge in [0, 0.05) is 77.8 Å². The van der Waals surface area contributed by atoms with E-state index in [0.29, 0.717) is 11.1 Å². The Morgan fingerprint density at radius 3 is 1.48 bits per heavy atom. The summed E-state index contributed by atoms with van der Waals surface area (Å²) >= 11 is 0. The fourth-order valence-corrected chi connectivity index (χ4v) is 5.91. The number of aromatic hydroxyl groups is 2. The number of amides is 7. The van der Waals surface area contributed by atoms with E-state index in [-0.39, 0.29) is 137 Å². The van der Waals surface area contributed by atoms with E-state index in [1.165, 1.54) is 43.4 Å². The van der Waals surface area contributed by atoms with Gasteiger partial charge in [0.25, 0.3) is 11.8 Å². The van der Waals surface area contributed by atoms with Crippen molar-refractivity contribution < 1.29 is 77.6 Å². The molecule has 22 nitrogen and oxygen atoms in total. The molecule has 1 saturated heterocycles. The molecule has 0 aliphatic carbocycles. The van der Waals surface area contributed by atoms with E-state index in [1.807, 2.05) is 0 Å². The van der Waals surface area contributed by atoms with Crippen LogP contribution in [0.1, 0.15) is 96.1 Å². The molecular formula is C41H52N6O16. The normalized spacial score (nSPS) is 13.1. The smallest absolute Gasteiger partial charge is 0.341 e. The zero-order chi connectivity index (χ0) is 46.5. The van der Waals surface area contributed by atoms with Crippen molar-refractivity contribution in [3.63, 3.8) is 0 Å². The Morgan fingerprint density at radius 1 is 0.651 bits per heavy atom. The first-order valence-electron chi connectivity index (χ1n) is 19.9. The van der Waals surface area contributed by atoms with Gasteiger partial charge < -0.3 is 55.8 Å². The summed E-state index contributed by atoms with van der Waals surface area (Å²) in [5.74, 6) is -6.92. The van der Waals surface area contributed by atoms with Crippen LogP contribution in [0.2, 0.25) is 0 Å². The number of hydroxylamine groups is 2. The second-order valence-corrected chi connectivity index (χ2v) is 14.1. The first-order valence-corrected chi connectivity index (χ1v) is 19.9. The Balaban J connectivity index is 1.41. The molecule has 1 fully saturated rings. The fraction of sp³-hybridized carbons (Fsp3) is 0.463. The van der Waals surface area contributed by atoms with Crippen molar-refractivity contribution in [2.24, 2.45) is 0 Å². The maximum atomic E-state index is 13.2. The van der Waals surface area contributed by atoms with Gasteiger partial charge in [-0.25, -0.2) is 14.4 Å². The summed E-state index contributed by atoms with van der Waals surface area (Å²) in [7, 11) is 2.36. The number of phenols is 2. The minimum atomic E-state index is -1.61. The minimum absolute atomic E-state index is 0.00345. The van der Waals surface area contributed by atoms with E-state index >= 15 is 0 Å². The zero-order valence-corrected chi connectivity index (χ0v) is 34.9. The van der Waals surface area contributed by atoms with E-state index in [2.05, 4.69) is 30.7 Å². The quantitative estimate of drug-likeness (QED) is 0.0500. The van der Waals surface area contributed by atoms with Gasteiger partial charge in [-0.3, -0.25) is 33.6 Å². The van der Waals surface area contributed by atoms with Crippen LogP contribution < -0.4 is 21.3 Å². The third kappa shape index (κ3) is 17.1. The van der Waals surface area contributed by atoms with Crippen molar-refractivity contribution in [3.8, 4) is 11.5 Å². The highest BCUT2D eigenvalue weighted by Gasteiger charge is 2.40. The summed E-state index contributed by atoms with van der Waals surface area (Å²) in [5, 5.41) is 40.4. The second kappa shape index (κ2) is 25.6. The predicted octanol–water partition coefficient (Wildman–Crippen LogP) is -0.246. The lowest BCUT2D eigenvalue weighted by Crippen LogP contribution is -2.42. The standard InChI is InChI=1S/C41H52N6O16/c1-61-40(59)27-14-12-25(20-29(27)48)23-44-34(53)8-3-6-32(51)42-16-18-46(36(55)10-5-11-38(57)63-47-37(56)22-31(50)39(47)58)19-17-43-33(52)7-4-9-35(54)45-24-26-13-15-28(30(49)21-26)41(60)62-2/h12-15,20-21,31,48-50H,3-11,16-19,22-24H2,1-2H3,(H,42,51)(H,43,52)(H,44,53)(H,45,54). The summed E-state index contributed by atoms with van der Waals surface area (Å²) in [4.78, 5) is 128. The zero-order valence-electron chi connectivity index (χ0n) is 34.9. The average molecular weight is 885 g/mol. The molecule has 1 aliphatic rings. The van der Waals surface area contributed by atoms with Crippen LogP contribution in [-0.4, -0.2) is 131 Å². The molecule has 0 saturated carbocycles. The highest BCUT2D eigenvalue weighted by Crippen LogP contribution is 2.21. The Labute approximate surface area is 361 Å². The summed E-state index contributed by atoms with van der Waals surface area (Å²) in [6.07, 6.45) is -2.33. The molecule has 7 amide bonds. The summed E-state index contributed by atoms with van der Waals surface area (Å²) in [6.45, 7) is 0.149. The SMILES string of the molecule is COC(=O)c1ccc(CNC(=O)CCCC(=O)NCCN(CCNC(=O)CCCC(=O)NCc2ccc(C(=O)OC)c(O)c2)C(=O)CCCC(=O)ON2C(=O)CC(O)C2=O)cc1O. The molecule has 1 atom stereocenters. The molecule has 7 N–H and O–H groups in total. The highest BCUT2D eigenvalue weighted by molar-refractivity contribution is 6.04. The lowest BCUT2D eigenvalue weighted by Gasteiger charge is -2.23. The molecule has 1 unspecified atom stereocenters. The number of nitrogens with one attached hydrogen (secondary N) is 4. The number of phenolic OH excluding ortho intramolecular Hbond substituents is 2. The van der Waals surface area contributed by atoms with Crippen molar-refractivity contribution in [3.05, 3.63) is 58.7 Å². The summed E-state index contributed by atoms with van der Waals surface area (Å²) < 4.78 is 9.17. The lowest BCUT2D eigenvalue weighted by atomic mass is 10.1. The fourth-order valence-electron chi connectivity index (χ4n) is 5.91. The molecule has 2 aromatic rings. The van der Waals surface area contributed by atoms with Gasteiger partial charge in [0.05, 0.1) is 20.6 Å². The molecule has 0 radical (unpaired) electrons. The number of carbonyl (C=O) groups excluding carboxylic acids is 10. The van der Waals surface area contributed by atoms with Crippen LogP contribution in [0, 0.1) is 0 Å². The Morgan fingerprint density at radius 2 is 1.08 bits per heavy atom. The highest BCUT2D eigenvalue weighted by atomic mass is 16.7. The van der Waals surface area contributed by atoms with Crippen LogP contribution in [0.3, 0.4) is 0 Å². The summed E-state index contributed by atoms with van der Waals surface area (Å²) in [6, 6.07) is 8.47. The minimum Gasteiger partial charge on any atom is -0.507 e. The van der Waals surface area contributed by atoms with Gasteiger partial charge in [-0.1, -0.05) is 17.2 Å². The number of hydrogen-bond donors (Lipinski definition) is 7. The Kier molecular flexibility index (Phi) is 20.4. The van der Waals surface area contributed by atoms with E-state index in [4.69, 9.17) is 4.84 Å². The number of imide groups is 1. The van der Waals surface area contributed by atoms with Crippen molar-refractivity contribution in [2.45, 2.75) is 83.4 Å². The topological polar surface area (TPSA) is 314 Å². The van der Waals surface area contributed by atoms with Gasteiger partial charge >= 0.3 is 17.9 Å².